The fourth-order valence-electron chi connectivity index (χ4n) is 3.94. The van der Waals surface area contributed by atoms with Crippen LogP contribution in [0.3, 0.4) is 0 Å². The smallest absolute Gasteiger partial charge is 0.252 e. The maximum Gasteiger partial charge on any atom is 0.252 e. The molecule has 2 aromatic rings. The molecule has 5 nitrogen and oxygen atoms in total. The molecule has 2 N–H and O–H groups in total. The molecule has 2 aliphatic heterocycles. The molecule has 0 bridgehead atoms. The lowest BCUT2D eigenvalue weighted by atomic mass is 9.99. The standard InChI is InChI=1S/C20H25N3O2S.ClH/c24-19(21-7-10-23-8-2-1-3-9-23)14-4-5-18-16(12-14)15-6-11-26-13-17(15)20(25)22-18;/h4-5,12H,1-3,6-11,13H2,(H,21,24)(H,22,25);1H. The number of benzene rings is 1. The lowest BCUT2D eigenvalue weighted by Gasteiger charge is -2.26. The molecule has 1 fully saturated rings. The van der Waals surface area contributed by atoms with Gasteiger partial charge in [-0.15, -0.1) is 12.4 Å². The minimum Gasteiger partial charge on any atom is -0.351 e. The Labute approximate surface area is 169 Å². The first-order valence-corrected chi connectivity index (χ1v) is 10.6. The van der Waals surface area contributed by atoms with Crippen molar-refractivity contribution in [2.24, 2.45) is 0 Å². The minimum absolute atomic E-state index is 0. The maximum absolute atomic E-state index is 12.6. The molecule has 146 valence electrons. The van der Waals surface area contributed by atoms with E-state index < -0.39 is 0 Å². The second-order valence-electron chi connectivity index (χ2n) is 7.13. The molecule has 0 atom stereocenters. The molecule has 1 aromatic heterocycles. The number of aromatic amines is 1. The highest BCUT2D eigenvalue weighted by Gasteiger charge is 2.18. The Morgan fingerprint density at radius 3 is 2.81 bits per heavy atom. The largest absolute Gasteiger partial charge is 0.351 e. The van der Waals surface area contributed by atoms with Crippen LogP contribution in [0.15, 0.2) is 23.0 Å². The number of likely N-dealkylation sites (tertiary alicyclic amines) is 1. The molecular weight excluding hydrogens is 382 g/mol. The van der Waals surface area contributed by atoms with Crippen LogP contribution in [0.5, 0.6) is 0 Å². The van der Waals surface area contributed by atoms with Gasteiger partial charge in [0, 0.05) is 40.9 Å². The molecule has 0 spiro atoms. The van der Waals surface area contributed by atoms with E-state index in [9.17, 15) is 9.59 Å². The molecular formula is C20H26ClN3O2S. The van der Waals surface area contributed by atoms with Crippen LogP contribution in [-0.2, 0) is 12.2 Å². The zero-order chi connectivity index (χ0) is 17.9. The molecule has 1 aromatic carbocycles. The summed E-state index contributed by atoms with van der Waals surface area (Å²) < 4.78 is 0. The molecule has 0 unspecified atom stereocenters. The molecule has 4 rings (SSSR count). The Hall–Kier alpha value is -1.50. The van der Waals surface area contributed by atoms with E-state index >= 15 is 0 Å². The third-order valence-electron chi connectivity index (χ3n) is 5.40. The van der Waals surface area contributed by atoms with Gasteiger partial charge in [0.25, 0.3) is 11.5 Å². The Bertz CT molecular complexity index is 877. The van der Waals surface area contributed by atoms with E-state index in [1.165, 1.54) is 19.3 Å². The number of carbonyl (C=O) groups is 1. The van der Waals surface area contributed by atoms with E-state index in [0.29, 0.717) is 12.1 Å². The SMILES string of the molecule is Cl.O=C(NCCN1CCCCC1)c1ccc2[nH]c(=O)c3c(c2c1)CCSC3. The molecule has 0 saturated carbocycles. The van der Waals surface area contributed by atoms with Crippen LogP contribution >= 0.6 is 24.2 Å². The average molecular weight is 408 g/mol. The molecule has 0 radical (unpaired) electrons. The Balaban J connectivity index is 0.00000210. The van der Waals surface area contributed by atoms with Crippen molar-refractivity contribution < 1.29 is 4.79 Å². The van der Waals surface area contributed by atoms with Crippen LogP contribution in [0.2, 0.25) is 0 Å². The van der Waals surface area contributed by atoms with E-state index in [2.05, 4.69) is 15.2 Å². The van der Waals surface area contributed by atoms with Crippen molar-refractivity contribution in [1.29, 1.82) is 0 Å². The van der Waals surface area contributed by atoms with Gasteiger partial charge < -0.3 is 15.2 Å². The highest BCUT2D eigenvalue weighted by Crippen LogP contribution is 2.28. The zero-order valence-electron chi connectivity index (χ0n) is 15.4. The summed E-state index contributed by atoms with van der Waals surface area (Å²) in [6, 6.07) is 5.60. The topological polar surface area (TPSA) is 65.2 Å². The van der Waals surface area contributed by atoms with E-state index in [4.69, 9.17) is 0 Å². The lowest BCUT2D eigenvalue weighted by molar-refractivity contribution is 0.0946. The van der Waals surface area contributed by atoms with Crippen LogP contribution in [0, 0.1) is 0 Å². The van der Waals surface area contributed by atoms with E-state index in [1.807, 2.05) is 12.1 Å². The number of pyridine rings is 1. The van der Waals surface area contributed by atoms with Crippen LogP contribution < -0.4 is 10.9 Å². The summed E-state index contributed by atoms with van der Waals surface area (Å²) in [5, 5.41) is 4.06. The number of piperidine rings is 1. The fraction of sp³-hybridized carbons (Fsp3) is 0.500. The molecule has 0 aliphatic carbocycles. The summed E-state index contributed by atoms with van der Waals surface area (Å²) in [5.41, 5.74) is 3.49. The van der Waals surface area contributed by atoms with Crippen LogP contribution in [-0.4, -0.2) is 47.7 Å². The second-order valence-corrected chi connectivity index (χ2v) is 8.24. The number of thioether (sulfide) groups is 1. The first kappa shape index (κ1) is 20.2. The first-order chi connectivity index (χ1) is 12.7. The summed E-state index contributed by atoms with van der Waals surface area (Å²) in [6.07, 6.45) is 4.74. The monoisotopic (exact) mass is 407 g/mol. The summed E-state index contributed by atoms with van der Waals surface area (Å²) in [6.45, 7) is 3.88. The average Bonchev–Trinajstić information content (AvgIpc) is 2.69. The fourth-order valence-corrected chi connectivity index (χ4v) is 4.94. The second kappa shape index (κ2) is 9.13. The normalized spacial score (nSPS) is 17.2. The molecule has 1 amide bonds. The number of aryl methyl sites for hydroxylation is 1. The van der Waals surface area contributed by atoms with Gasteiger partial charge in [0.1, 0.15) is 0 Å². The highest BCUT2D eigenvalue weighted by molar-refractivity contribution is 7.98. The molecule has 2 aliphatic rings. The number of H-pyrrole nitrogens is 1. The number of aromatic nitrogens is 1. The number of nitrogens with one attached hydrogen (secondary N) is 2. The van der Waals surface area contributed by atoms with Gasteiger partial charge in [-0.1, -0.05) is 6.42 Å². The molecule has 27 heavy (non-hydrogen) atoms. The van der Waals surface area contributed by atoms with Crippen molar-refractivity contribution in [3.05, 3.63) is 45.2 Å². The number of amides is 1. The number of hydrogen-bond donors (Lipinski definition) is 2. The summed E-state index contributed by atoms with van der Waals surface area (Å²) in [4.78, 5) is 30.2. The van der Waals surface area contributed by atoms with Crippen molar-refractivity contribution in [2.45, 2.75) is 31.4 Å². The van der Waals surface area contributed by atoms with Crippen molar-refractivity contribution in [3.8, 4) is 0 Å². The maximum atomic E-state index is 12.6. The summed E-state index contributed by atoms with van der Waals surface area (Å²) in [5.74, 6) is 1.75. The number of hydrogen-bond acceptors (Lipinski definition) is 4. The quantitative estimate of drug-likeness (QED) is 0.817. The number of halogens is 1. The zero-order valence-corrected chi connectivity index (χ0v) is 17.0. The molecule has 1 saturated heterocycles. The van der Waals surface area contributed by atoms with Gasteiger partial charge in [0.2, 0.25) is 0 Å². The van der Waals surface area contributed by atoms with Crippen molar-refractivity contribution in [2.75, 3.05) is 31.9 Å². The van der Waals surface area contributed by atoms with E-state index in [0.717, 1.165) is 59.6 Å². The number of rotatable bonds is 4. The predicted molar refractivity (Wildman–Crippen MR) is 114 cm³/mol. The van der Waals surface area contributed by atoms with Gasteiger partial charge in [0.05, 0.1) is 0 Å². The highest BCUT2D eigenvalue weighted by atomic mass is 35.5. The first-order valence-electron chi connectivity index (χ1n) is 9.48. The Kier molecular flexibility index (Phi) is 6.84. The van der Waals surface area contributed by atoms with E-state index in [-0.39, 0.29) is 23.9 Å². The van der Waals surface area contributed by atoms with Crippen molar-refractivity contribution in [1.82, 2.24) is 15.2 Å². The van der Waals surface area contributed by atoms with Gasteiger partial charge in [0.15, 0.2) is 0 Å². The Morgan fingerprint density at radius 2 is 2.00 bits per heavy atom. The van der Waals surface area contributed by atoms with Crippen LogP contribution in [0.4, 0.5) is 0 Å². The van der Waals surface area contributed by atoms with Crippen LogP contribution in [0.25, 0.3) is 10.9 Å². The third-order valence-corrected chi connectivity index (χ3v) is 6.38. The number of nitrogens with zero attached hydrogens (tertiary/aromatic N) is 1. The predicted octanol–water partition coefficient (Wildman–Crippen LogP) is 2.95. The third kappa shape index (κ3) is 4.50. The van der Waals surface area contributed by atoms with Crippen LogP contribution in [0.1, 0.15) is 40.7 Å². The van der Waals surface area contributed by atoms with Gasteiger partial charge >= 0.3 is 0 Å². The summed E-state index contributed by atoms with van der Waals surface area (Å²) >= 11 is 1.79. The number of fused-ring (bicyclic) bond motifs is 3. The summed E-state index contributed by atoms with van der Waals surface area (Å²) in [7, 11) is 0. The van der Waals surface area contributed by atoms with E-state index in [1.54, 1.807) is 17.8 Å². The van der Waals surface area contributed by atoms with Gasteiger partial charge in [-0.2, -0.15) is 11.8 Å². The van der Waals surface area contributed by atoms with Crippen molar-refractivity contribution >= 4 is 41.0 Å². The Morgan fingerprint density at radius 1 is 1.19 bits per heavy atom. The van der Waals surface area contributed by atoms with Gasteiger partial charge in [-0.05, 0) is 61.9 Å². The molecule has 3 heterocycles. The van der Waals surface area contributed by atoms with Crippen molar-refractivity contribution in [3.63, 3.8) is 0 Å². The number of carbonyl (C=O) groups excluding carboxylic acids is 1. The van der Waals surface area contributed by atoms with Gasteiger partial charge in [-0.3, -0.25) is 9.59 Å². The lowest BCUT2D eigenvalue weighted by Crippen LogP contribution is -2.37. The minimum atomic E-state index is -0.0333. The van der Waals surface area contributed by atoms with Gasteiger partial charge in [-0.25, -0.2) is 0 Å². The molecule has 7 heteroatoms.